The minimum atomic E-state index is 0.510. The zero-order valence-corrected chi connectivity index (χ0v) is 11.6. The molecule has 0 unspecified atom stereocenters. The summed E-state index contributed by atoms with van der Waals surface area (Å²) in [6.45, 7) is 4.68. The molecule has 0 saturated heterocycles. The Morgan fingerprint density at radius 1 is 1.05 bits per heavy atom. The molecule has 0 aliphatic rings. The van der Waals surface area contributed by atoms with Crippen molar-refractivity contribution >= 4 is 10.8 Å². The molecule has 0 N–H and O–H groups in total. The van der Waals surface area contributed by atoms with Gasteiger partial charge in [0.05, 0.1) is 6.20 Å². The van der Waals surface area contributed by atoms with Crippen molar-refractivity contribution < 1.29 is 4.74 Å². The molecule has 0 amide bonds. The standard InChI is InChI=1S/C17H16N2O/c1-12-7-8-13(2)15(9-12)11-20-17-16-6-4-3-5-14(16)10-18-19-17/h3-10H,11H2,1-2H3. The summed E-state index contributed by atoms with van der Waals surface area (Å²) in [5.41, 5.74) is 3.64. The van der Waals surface area contributed by atoms with Gasteiger partial charge >= 0.3 is 0 Å². The Bertz CT molecular complexity index is 748. The van der Waals surface area contributed by atoms with Crippen LogP contribution in [0, 0.1) is 13.8 Å². The van der Waals surface area contributed by atoms with Crippen LogP contribution in [0.25, 0.3) is 10.8 Å². The highest BCUT2D eigenvalue weighted by atomic mass is 16.5. The number of rotatable bonds is 3. The fourth-order valence-electron chi connectivity index (χ4n) is 2.21. The van der Waals surface area contributed by atoms with Crippen molar-refractivity contribution in [1.29, 1.82) is 0 Å². The second-order valence-corrected chi connectivity index (χ2v) is 4.96. The van der Waals surface area contributed by atoms with E-state index in [4.69, 9.17) is 4.74 Å². The zero-order chi connectivity index (χ0) is 13.9. The van der Waals surface area contributed by atoms with Crippen LogP contribution in [0.2, 0.25) is 0 Å². The third kappa shape index (κ3) is 2.48. The number of ether oxygens (including phenoxy) is 1. The minimum absolute atomic E-state index is 0.510. The molecule has 0 radical (unpaired) electrons. The van der Waals surface area contributed by atoms with Crippen molar-refractivity contribution in [2.45, 2.75) is 20.5 Å². The quantitative estimate of drug-likeness (QED) is 0.721. The maximum Gasteiger partial charge on any atom is 0.241 e. The van der Waals surface area contributed by atoms with E-state index in [0.717, 1.165) is 10.8 Å². The number of aromatic nitrogens is 2. The lowest BCUT2D eigenvalue weighted by Crippen LogP contribution is -2.01. The van der Waals surface area contributed by atoms with Gasteiger partial charge in [0, 0.05) is 10.8 Å². The van der Waals surface area contributed by atoms with Crippen LogP contribution < -0.4 is 4.74 Å². The normalized spacial score (nSPS) is 10.7. The van der Waals surface area contributed by atoms with Crippen LogP contribution in [0.15, 0.2) is 48.7 Å². The third-order valence-corrected chi connectivity index (χ3v) is 3.41. The van der Waals surface area contributed by atoms with Crippen LogP contribution >= 0.6 is 0 Å². The average Bonchev–Trinajstić information content (AvgIpc) is 2.48. The van der Waals surface area contributed by atoms with Crippen LogP contribution in [0.1, 0.15) is 16.7 Å². The Kier molecular flexibility index (Phi) is 3.33. The van der Waals surface area contributed by atoms with E-state index in [-0.39, 0.29) is 0 Å². The number of hydrogen-bond donors (Lipinski definition) is 0. The van der Waals surface area contributed by atoms with Crippen molar-refractivity contribution in [3.63, 3.8) is 0 Å². The van der Waals surface area contributed by atoms with E-state index in [1.165, 1.54) is 16.7 Å². The Labute approximate surface area is 118 Å². The van der Waals surface area contributed by atoms with Crippen molar-refractivity contribution in [1.82, 2.24) is 10.2 Å². The first-order valence-corrected chi connectivity index (χ1v) is 6.63. The van der Waals surface area contributed by atoms with E-state index in [9.17, 15) is 0 Å². The lowest BCUT2D eigenvalue weighted by molar-refractivity contribution is 0.294. The van der Waals surface area contributed by atoms with E-state index in [1.54, 1.807) is 6.20 Å². The monoisotopic (exact) mass is 264 g/mol. The predicted molar refractivity (Wildman–Crippen MR) is 79.8 cm³/mol. The number of hydrogen-bond acceptors (Lipinski definition) is 3. The molecule has 0 saturated carbocycles. The van der Waals surface area contributed by atoms with E-state index in [2.05, 4.69) is 42.2 Å². The Balaban J connectivity index is 1.89. The molecule has 1 aromatic heterocycles. The summed E-state index contributed by atoms with van der Waals surface area (Å²) < 4.78 is 5.87. The molecule has 2 aromatic carbocycles. The van der Waals surface area contributed by atoms with Crippen LogP contribution in [-0.4, -0.2) is 10.2 Å². The first-order valence-electron chi connectivity index (χ1n) is 6.63. The van der Waals surface area contributed by atoms with Gasteiger partial charge in [-0.25, -0.2) is 0 Å². The lowest BCUT2D eigenvalue weighted by atomic mass is 10.1. The lowest BCUT2D eigenvalue weighted by Gasteiger charge is -2.10. The highest BCUT2D eigenvalue weighted by Gasteiger charge is 2.06. The van der Waals surface area contributed by atoms with E-state index < -0.39 is 0 Å². The molecule has 3 aromatic rings. The van der Waals surface area contributed by atoms with E-state index in [0.29, 0.717) is 12.5 Å². The highest BCUT2D eigenvalue weighted by molar-refractivity contribution is 5.85. The van der Waals surface area contributed by atoms with Crippen molar-refractivity contribution in [2.75, 3.05) is 0 Å². The molecule has 0 bridgehead atoms. The molecule has 20 heavy (non-hydrogen) atoms. The molecule has 0 aliphatic carbocycles. The number of fused-ring (bicyclic) bond motifs is 1. The molecule has 3 heteroatoms. The van der Waals surface area contributed by atoms with Crippen molar-refractivity contribution in [2.24, 2.45) is 0 Å². The summed E-state index contributed by atoms with van der Waals surface area (Å²) in [6, 6.07) is 14.3. The van der Waals surface area contributed by atoms with Gasteiger partial charge in [0.25, 0.3) is 0 Å². The highest BCUT2D eigenvalue weighted by Crippen LogP contribution is 2.22. The van der Waals surface area contributed by atoms with Gasteiger partial charge in [-0.05, 0) is 31.0 Å². The van der Waals surface area contributed by atoms with E-state index >= 15 is 0 Å². The molecular weight excluding hydrogens is 248 g/mol. The first kappa shape index (κ1) is 12.6. The summed E-state index contributed by atoms with van der Waals surface area (Å²) in [5, 5.41) is 10.1. The van der Waals surface area contributed by atoms with Gasteiger partial charge in [-0.1, -0.05) is 42.0 Å². The molecule has 1 heterocycles. The smallest absolute Gasteiger partial charge is 0.241 e. The SMILES string of the molecule is Cc1ccc(C)c(COc2nncc3ccccc23)c1. The number of benzene rings is 2. The predicted octanol–water partition coefficient (Wildman–Crippen LogP) is 3.83. The molecule has 3 nitrogen and oxygen atoms in total. The van der Waals surface area contributed by atoms with Gasteiger partial charge in [-0.3, -0.25) is 0 Å². The molecule has 0 spiro atoms. The van der Waals surface area contributed by atoms with E-state index in [1.807, 2.05) is 24.3 Å². The molecule has 0 atom stereocenters. The fourth-order valence-corrected chi connectivity index (χ4v) is 2.21. The fraction of sp³-hybridized carbons (Fsp3) is 0.176. The van der Waals surface area contributed by atoms with Gasteiger partial charge in [-0.15, -0.1) is 5.10 Å². The summed E-state index contributed by atoms with van der Waals surface area (Å²) in [5.74, 6) is 0.587. The van der Waals surface area contributed by atoms with Gasteiger partial charge in [0.15, 0.2) is 0 Å². The number of aryl methyl sites for hydroxylation is 2. The third-order valence-electron chi connectivity index (χ3n) is 3.41. The topological polar surface area (TPSA) is 35.0 Å². The average molecular weight is 264 g/mol. The summed E-state index contributed by atoms with van der Waals surface area (Å²) in [7, 11) is 0. The Hall–Kier alpha value is -2.42. The van der Waals surface area contributed by atoms with Gasteiger partial charge in [0.2, 0.25) is 5.88 Å². The second kappa shape index (κ2) is 5.29. The minimum Gasteiger partial charge on any atom is -0.471 e. The molecular formula is C17H16N2O. The molecule has 3 rings (SSSR count). The van der Waals surface area contributed by atoms with Gasteiger partial charge in [0.1, 0.15) is 6.61 Å². The summed E-state index contributed by atoms with van der Waals surface area (Å²) >= 11 is 0. The second-order valence-electron chi connectivity index (χ2n) is 4.96. The Morgan fingerprint density at radius 3 is 2.80 bits per heavy atom. The van der Waals surface area contributed by atoms with Crippen molar-refractivity contribution in [3.05, 3.63) is 65.4 Å². The van der Waals surface area contributed by atoms with Crippen molar-refractivity contribution in [3.8, 4) is 5.88 Å². The van der Waals surface area contributed by atoms with Crippen LogP contribution in [0.4, 0.5) is 0 Å². The van der Waals surface area contributed by atoms with Gasteiger partial charge < -0.3 is 4.74 Å². The van der Waals surface area contributed by atoms with Crippen LogP contribution in [-0.2, 0) is 6.61 Å². The largest absolute Gasteiger partial charge is 0.471 e. The zero-order valence-electron chi connectivity index (χ0n) is 11.6. The first-order chi connectivity index (χ1) is 9.74. The summed E-state index contributed by atoms with van der Waals surface area (Å²) in [6.07, 6.45) is 1.75. The molecule has 0 aliphatic heterocycles. The Morgan fingerprint density at radius 2 is 1.90 bits per heavy atom. The van der Waals surface area contributed by atoms with Gasteiger partial charge in [-0.2, -0.15) is 5.10 Å². The maximum atomic E-state index is 5.87. The summed E-state index contributed by atoms with van der Waals surface area (Å²) in [4.78, 5) is 0. The molecule has 100 valence electrons. The van der Waals surface area contributed by atoms with Crippen LogP contribution in [0.3, 0.4) is 0 Å². The molecule has 0 fully saturated rings. The van der Waals surface area contributed by atoms with Crippen LogP contribution in [0.5, 0.6) is 5.88 Å². The maximum absolute atomic E-state index is 5.87. The number of nitrogens with zero attached hydrogens (tertiary/aromatic N) is 2.